The van der Waals surface area contributed by atoms with Gasteiger partial charge in [-0.15, -0.1) is 0 Å². The molecule has 0 saturated carbocycles. The first-order chi connectivity index (χ1) is 14.8. The highest BCUT2D eigenvalue weighted by Gasteiger charge is 2.23. The zero-order valence-corrected chi connectivity index (χ0v) is 17.5. The molecule has 0 aliphatic carbocycles. The lowest BCUT2D eigenvalue weighted by Crippen LogP contribution is -2.37. The van der Waals surface area contributed by atoms with E-state index in [2.05, 4.69) is 15.2 Å². The lowest BCUT2D eigenvalue weighted by atomic mass is 10.2. The summed E-state index contributed by atoms with van der Waals surface area (Å²) in [4.78, 5) is 16.5. The van der Waals surface area contributed by atoms with Crippen LogP contribution < -0.4 is 10.2 Å². The molecule has 1 aromatic carbocycles. The molecule has 2 aromatic heterocycles. The van der Waals surface area contributed by atoms with Crippen LogP contribution in [-0.2, 0) is 16.0 Å². The summed E-state index contributed by atoms with van der Waals surface area (Å²) < 4.78 is 13.5. The molecular formula is C21H25ClN6O2. The number of halogens is 1. The van der Waals surface area contributed by atoms with Gasteiger partial charge in [-0.1, -0.05) is 23.7 Å². The largest absolute Gasteiger partial charge is 0.378 e. The van der Waals surface area contributed by atoms with Gasteiger partial charge >= 0.3 is 0 Å². The predicted octanol–water partition coefficient (Wildman–Crippen LogP) is 3.63. The minimum Gasteiger partial charge on any atom is -0.378 e. The Hall–Kier alpha value is -2.42. The highest BCUT2D eigenvalue weighted by molar-refractivity contribution is 6.30. The highest BCUT2D eigenvalue weighted by atomic mass is 35.5. The van der Waals surface area contributed by atoms with Crippen LogP contribution in [0.4, 0.5) is 11.8 Å². The van der Waals surface area contributed by atoms with Crippen LogP contribution in [0.1, 0.15) is 31.1 Å². The van der Waals surface area contributed by atoms with Crippen molar-refractivity contribution in [3.05, 3.63) is 41.2 Å². The predicted molar refractivity (Wildman–Crippen MR) is 116 cm³/mol. The molecule has 8 nitrogen and oxygen atoms in total. The summed E-state index contributed by atoms with van der Waals surface area (Å²) in [7, 11) is 0. The van der Waals surface area contributed by atoms with E-state index >= 15 is 0 Å². The summed E-state index contributed by atoms with van der Waals surface area (Å²) in [6.07, 6.45) is 5.01. The minimum atomic E-state index is -0.0275. The first kappa shape index (κ1) is 19.5. The number of aromatic nitrogens is 4. The van der Waals surface area contributed by atoms with Gasteiger partial charge in [0.15, 0.2) is 17.0 Å². The Kier molecular flexibility index (Phi) is 5.70. The maximum atomic E-state index is 6.01. The molecular weight excluding hydrogens is 404 g/mol. The van der Waals surface area contributed by atoms with Crippen LogP contribution in [-0.4, -0.2) is 52.4 Å². The molecule has 2 fully saturated rings. The quantitative estimate of drug-likeness (QED) is 0.664. The monoisotopic (exact) mass is 428 g/mol. The average Bonchev–Trinajstić information content (AvgIpc) is 3.24. The van der Waals surface area contributed by atoms with Crippen molar-refractivity contribution >= 4 is 34.5 Å². The lowest BCUT2D eigenvalue weighted by Gasteiger charge is -2.28. The maximum absolute atomic E-state index is 6.01. The number of nitrogens with zero attached hydrogens (tertiary/aromatic N) is 5. The van der Waals surface area contributed by atoms with Crippen molar-refractivity contribution in [2.24, 2.45) is 0 Å². The first-order valence-electron chi connectivity index (χ1n) is 10.4. The molecule has 0 spiro atoms. The number of morpholine rings is 1. The zero-order valence-electron chi connectivity index (χ0n) is 16.8. The van der Waals surface area contributed by atoms with Gasteiger partial charge in [-0.05, 0) is 37.0 Å². The summed E-state index contributed by atoms with van der Waals surface area (Å²) in [6.45, 7) is 4.30. The Labute approximate surface area is 180 Å². The Morgan fingerprint density at radius 2 is 1.90 bits per heavy atom. The summed E-state index contributed by atoms with van der Waals surface area (Å²) in [5, 5.41) is 4.18. The Bertz CT molecular complexity index is 997. The van der Waals surface area contributed by atoms with E-state index in [9.17, 15) is 0 Å². The van der Waals surface area contributed by atoms with Crippen LogP contribution in [0.2, 0.25) is 5.02 Å². The second kappa shape index (κ2) is 8.75. The fourth-order valence-electron chi connectivity index (χ4n) is 3.87. The zero-order chi connectivity index (χ0) is 20.3. The van der Waals surface area contributed by atoms with E-state index in [1.54, 1.807) is 0 Å². The van der Waals surface area contributed by atoms with Crippen molar-refractivity contribution in [2.75, 3.05) is 43.1 Å². The number of anilines is 2. The highest BCUT2D eigenvalue weighted by Crippen LogP contribution is 2.29. The smallest absolute Gasteiger partial charge is 0.229 e. The summed E-state index contributed by atoms with van der Waals surface area (Å²) in [6, 6.07) is 7.79. The van der Waals surface area contributed by atoms with E-state index in [1.165, 1.54) is 0 Å². The van der Waals surface area contributed by atoms with Crippen LogP contribution in [0.25, 0.3) is 11.2 Å². The van der Waals surface area contributed by atoms with Gasteiger partial charge in [-0.2, -0.15) is 9.97 Å². The van der Waals surface area contributed by atoms with Crippen molar-refractivity contribution in [3.63, 3.8) is 0 Å². The molecule has 4 heterocycles. The average molecular weight is 429 g/mol. The molecule has 1 N–H and O–H groups in total. The second-order valence-electron chi connectivity index (χ2n) is 7.60. The normalized spacial score (nSPS) is 19.9. The van der Waals surface area contributed by atoms with Crippen LogP contribution in [0.15, 0.2) is 30.6 Å². The number of fused-ring (bicyclic) bond motifs is 1. The van der Waals surface area contributed by atoms with Crippen LogP contribution in [0.3, 0.4) is 0 Å². The van der Waals surface area contributed by atoms with Crippen LogP contribution >= 0.6 is 11.6 Å². The Morgan fingerprint density at radius 1 is 1.07 bits per heavy atom. The number of imidazole rings is 1. The molecule has 0 amide bonds. The molecule has 3 aromatic rings. The fourth-order valence-corrected chi connectivity index (χ4v) is 4.00. The molecule has 1 unspecified atom stereocenters. The third-order valence-electron chi connectivity index (χ3n) is 5.54. The van der Waals surface area contributed by atoms with Gasteiger partial charge in [-0.3, -0.25) is 4.57 Å². The Morgan fingerprint density at radius 3 is 2.67 bits per heavy atom. The van der Waals surface area contributed by atoms with Gasteiger partial charge in [0.1, 0.15) is 6.23 Å². The third-order valence-corrected chi connectivity index (χ3v) is 5.79. The minimum absolute atomic E-state index is 0.0275. The van der Waals surface area contributed by atoms with Gasteiger partial charge in [0.05, 0.1) is 19.5 Å². The maximum Gasteiger partial charge on any atom is 0.229 e. The standard InChI is InChI=1S/C21H25ClN6O2/c22-16-6-4-15(5-7-16)13-23-19-18-20(26-21(25-19)27-8-11-29-12-9-27)28(14-24-18)17-3-1-2-10-30-17/h4-7,14,17H,1-3,8-13H2,(H,23,25,26). The first-order valence-corrected chi connectivity index (χ1v) is 10.8. The molecule has 5 rings (SSSR count). The summed E-state index contributed by atoms with van der Waals surface area (Å²) in [5.74, 6) is 1.42. The van der Waals surface area contributed by atoms with Crippen molar-refractivity contribution in [1.29, 1.82) is 0 Å². The number of rotatable bonds is 5. The van der Waals surface area contributed by atoms with Gasteiger partial charge in [0.25, 0.3) is 0 Å². The SMILES string of the molecule is Clc1ccc(CNc2nc(N3CCOCC3)nc3c2ncn3C2CCCCO2)cc1. The molecule has 2 saturated heterocycles. The molecule has 1 atom stereocenters. The number of hydrogen-bond donors (Lipinski definition) is 1. The lowest BCUT2D eigenvalue weighted by molar-refractivity contribution is -0.0298. The number of nitrogens with one attached hydrogen (secondary N) is 1. The number of benzene rings is 1. The van der Waals surface area contributed by atoms with E-state index in [0.717, 1.165) is 66.5 Å². The summed E-state index contributed by atoms with van der Waals surface area (Å²) >= 11 is 6.01. The van der Waals surface area contributed by atoms with Crippen molar-refractivity contribution in [2.45, 2.75) is 32.0 Å². The molecule has 0 radical (unpaired) electrons. The molecule has 0 bridgehead atoms. The van der Waals surface area contributed by atoms with Crippen molar-refractivity contribution in [1.82, 2.24) is 19.5 Å². The van der Waals surface area contributed by atoms with Gasteiger partial charge in [0.2, 0.25) is 5.95 Å². The molecule has 158 valence electrons. The number of hydrogen-bond acceptors (Lipinski definition) is 7. The fraction of sp³-hybridized carbons (Fsp3) is 0.476. The topological polar surface area (TPSA) is 77.3 Å². The van der Waals surface area contributed by atoms with Gasteiger partial charge < -0.3 is 19.7 Å². The third kappa shape index (κ3) is 4.08. The van der Waals surface area contributed by atoms with Crippen LogP contribution in [0, 0.1) is 0 Å². The van der Waals surface area contributed by atoms with E-state index in [4.69, 9.17) is 31.0 Å². The van der Waals surface area contributed by atoms with Crippen molar-refractivity contribution < 1.29 is 9.47 Å². The van der Waals surface area contributed by atoms with E-state index in [1.807, 2.05) is 35.2 Å². The van der Waals surface area contributed by atoms with E-state index in [-0.39, 0.29) is 6.23 Å². The molecule has 9 heteroatoms. The molecule has 2 aliphatic heterocycles. The van der Waals surface area contributed by atoms with E-state index in [0.29, 0.717) is 25.7 Å². The molecule has 2 aliphatic rings. The van der Waals surface area contributed by atoms with E-state index < -0.39 is 0 Å². The summed E-state index contributed by atoms with van der Waals surface area (Å²) in [5.41, 5.74) is 2.68. The second-order valence-corrected chi connectivity index (χ2v) is 8.03. The van der Waals surface area contributed by atoms with Crippen molar-refractivity contribution in [3.8, 4) is 0 Å². The van der Waals surface area contributed by atoms with Gasteiger partial charge in [0, 0.05) is 31.3 Å². The van der Waals surface area contributed by atoms with Gasteiger partial charge in [-0.25, -0.2) is 4.98 Å². The van der Waals surface area contributed by atoms with Crippen LogP contribution in [0.5, 0.6) is 0 Å². The number of ether oxygens (including phenoxy) is 2. The Balaban J connectivity index is 1.50. The molecule has 30 heavy (non-hydrogen) atoms.